The zero-order valence-electron chi connectivity index (χ0n) is 17.7. The third-order valence-electron chi connectivity index (χ3n) is 6.73. The Morgan fingerprint density at radius 1 is 1.24 bits per heavy atom. The summed E-state index contributed by atoms with van der Waals surface area (Å²) < 4.78 is 4.69. The van der Waals surface area contributed by atoms with Crippen LogP contribution in [0.15, 0.2) is 29.0 Å². The molecule has 33 heavy (non-hydrogen) atoms. The molecular formula is C22H22N2O9. The molecule has 0 aromatic heterocycles. The second kappa shape index (κ2) is 7.42. The highest BCUT2D eigenvalue weighted by molar-refractivity contribution is 6.24. The van der Waals surface area contributed by atoms with Crippen molar-refractivity contribution >= 4 is 29.7 Å². The van der Waals surface area contributed by atoms with Crippen molar-refractivity contribution in [2.24, 2.45) is 17.6 Å². The summed E-state index contributed by atoms with van der Waals surface area (Å²) in [4.78, 5) is 50.6. The van der Waals surface area contributed by atoms with Gasteiger partial charge in [0.15, 0.2) is 22.9 Å². The molecule has 1 aromatic carbocycles. The van der Waals surface area contributed by atoms with Crippen LogP contribution in [0.2, 0.25) is 0 Å². The Balaban J connectivity index is 1.96. The zero-order chi connectivity index (χ0) is 24.4. The summed E-state index contributed by atoms with van der Waals surface area (Å²) in [6, 6.07) is 1.71. The van der Waals surface area contributed by atoms with E-state index in [4.69, 9.17) is 5.73 Å². The number of carbonyl (C=O) groups excluding carboxylic acids is 4. The van der Waals surface area contributed by atoms with Gasteiger partial charge in [0.05, 0.1) is 11.6 Å². The van der Waals surface area contributed by atoms with E-state index in [9.17, 15) is 39.6 Å². The van der Waals surface area contributed by atoms with Gasteiger partial charge < -0.3 is 30.9 Å². The first-order valence-corrected chi connectivity index (χ1v) is 10.1. The monoisotopic (exact) mass is 458 g/mol. The van der Waals surface area contributed by atoms with Gasteiger partial charge in [0.2, 0.25) is 5.78 Å². The fraction of sp³-hybridized carbons (Fsp3) is 0.364. The summed E-state index contributed by atoms with van der Waals surface area (Å²) in [5.74, 6) is -7.64. The number of ketones is 2. The molecule has 11 heteroatoms. The number of Topliss-reactive ketones (excluding diaryl/α,β-unsaturated/α-hetero) is 2. The summed E-state index contributed by atoms with van der Waals surface area (Å²) in [6.45, 7) is 0.0883. The maximum atomic E-state index is 13.6. The minimum Gasteiger partial charge on any atom is -0.508 e. The van der Waals surface area contributed by atoms with Crippen LogP contribution in [-0.2, 0) is 25.6 Å². The van der Waals surface area contributed by atoms with Crippen molar-refractivity contribution in [3.05, 3.63) is 40.2 Å². The van der Waals surface area contributed by atoms with Gasteiger partial charge in [0.1, 0.15) is 17.1 Å². The molecule has 3 aliphatic carbocycles. The molecule has 1 saturated carbocycles. The van der Waals surface area contributed by atoms with Gasteiger partial charge in [-0.25, -0.2) is 0 Å². The number of carbonyl (C=O) groups is 4. The largest absolute Gasteiger partial charge is 0.508 e. The van der Waals surface area contributed by atoms with Crippen molar-refractivity contribution in [3.8, 4) is 11.5 Å². The fourth-order valence-corrected chi connectivity index (χ4v) is 5.35. The standard InChI is InChI=1S/C22H22N2O9/c1-24(2)15-10-6-9-5-8-3-4-11(33-7-25)16(26)12(8)17(27)13(9)19(29)22(10,32)20(30)14(18(15)28)21(23)31/h3-4,7,9-10,15,26-27,30,32H,5-6H2,1-2H3,(H2,23,31)/t9-,10-,15-,22-/m0/s1. The average Bonchev–Trinajstić information content (AvgIpc) is 2.72. The van der Waals surface area contributed by atoms with E-state index in [0.717, 1.165) is 0 Å². The van der Waals surface area contributed by atoms with E-state index in [1.165, 1.54) is 31.1 Å². The third-order valence-corrected chi connectivity index (χ3v) is 6.73. The minimum atomic E-state index is -2.70. The van der Waals surface area contributed by atoms with Crippen LogP contribution >= 0.6 is 0 Å². The first-order chi connectivity index (χ1) is 15.5. The Hall–Kier alpha value is -3.70. The molecule has 3 aliphatic rings. The number of aliphatic hydroxyl groups is 3. The molecule has 6 N–H and O–H groups in total. The molecule has 11 nitrogen and oxygen atoms in total. The topological polar surface area (TPSA) is 188 Å². The van der Waals surface area contributed by atoms with Crippen LogP contribution in [0.3, 0.4) is 0 Å². The first-order valence-electron chi connectivity index (χ1n) is 10.1. The molecule has 4 rings (SSSR count). The SMILES string of the molecule is CN(C)[C@@H]1C(=O)C(C(N)=O)=C(O)[C@@]2(O)C(=O)C3=C(O)c4c(ccc(OC=O)c4O)C[C@H]3C[C@@H]12. The van der Waals surface area contributed by atoms with Gasteiger partial charge in [-0.2, -0.15) is 0 Å². The number of likely N-dealkylation sites (N-methyl/N-ethyl adjacent to an activating group) is 1. The van der Waals surface area contributed by atoms with Gasteiger partial charge in [-0.05, 0) is 44.5 Å². The number of rotatable bonds is 4. The van der Waals surface area contributed by atoms with Crippen molar-refractivity contribution in [1.82, 2.24) is 4.90 Å². The maximum absolute atomic E-state index is 13.6. The fourth-order valence-electron chi connectivity index (χ4n) is 5.35. The predicted octanol–water partition coefficient (Wildman–Crippen LogP) is -0.501. The smallest absolute Gasteiger partial charge is 0.298 e. The summed E-state index contributed by atoms with van der Waals surface area (Å²) in [5, 5.41) is 43.7. The minimum absolute atomic E-state index is 0.000880. The molecule has 0 radical (unpaired) electrons. The van der Waals surface area contributed by atoms with Crippen molar-refractivity contribution < 1.29 is 44.3 Å². The quantitative estimate of drug-likeness (QED) is 0.291. The number of nitrogens with zero attached hydrogens (tertiary/aromatic N) is 1. The van der Waals surface area contributed by atoms with Crippen molar-refractivity contribution in [2.75, 3.05) is 14.1 Å². The number of hydrogen-bond donors (Lipinski definition) is 5. The van der Waals surface area contributed by atoms with Crippen LogP contribution in [0.5, 0.6) is 11.5 Å². The molecule has 1 amide bonds. The van der Waals surface area contributed by atoms with Crippen molar-refractivity contribution in [2.45, 2.75) is 24.5 Å². The normalized spacial score (nSPS) is 28.9. The molecule has 0 aliphatic heterocycles. The van der Waals surface area contributed by atoms with Gasteiger partial charge in [-0.3, -0.25) is 24.1 Å². The third kappa shape index (κ3) is 2.89. The molecular weight excluding hydrogens is 436 g/mol. The van der Waals surface area contributed by atoms with Crippen molar-refractivity contribution in [1.29, 1.82) is 0 Å². The molecule has 4 atom stereocenters. The van der Waals surface area contributed by atoms with Crippen molar-refractivity contribution in [3.63, 3.8) is 0 Å². The number of fused-ring (bicyclic) bond motifs is 3. The number of amides is 1. The first kappa shape index (κ1) is 22.5. The number of hydrogen-bond acceptors (Lipinski definition) is 10. The van der Waals surface area contributed by atoms with E-state index >= 15 is 0 Å². The van der Waals surface area contributed by atoms with Crippen LogP contribution in [0, 0.1) is 11.8 Å². The molecule has 0 heterocycles. The highest BCUT2D eigenvalue weighted by atomic mass is 16.5. The van der Waals surface area contributed by atoms with E-state index < -0.39 is 63.8 Å². The number of ether oxygens (including phenoxy) is 1. The lowest BCUT2D eigenvalue weighted by molar-refractivity contribution is -0.153. The van der Waals surface area contributed by atoms with E-state index in [1.54, 1.807) is 0 Å². The van der Waals surface area contributed by atoms with Gasteiger partial charge in [-0.15, -0.1) is 0 Å². The van der Waals surface area contributed by atoms with E-state index in [2.05, 4.69) is 4.74 Å². The average molecular weight is 458 g/mol. The second-order valence-electron chi connectivity index (χ2n) is 8.62. The van der Waals surface area contributed by atoms with Gasteiger partial charge in [0, 0.05) is 11.5 Å². The predicted molar refractivity (Wildman–Crippen MR) is 111 cm³/mol. The summed E-state index contributed by atoms with van der Waals surface area (Å²) in [7, 11) is 3.06. The number of nitrogens with two attached hydrogens (primary N) is 1. The van der Waals surface area contributed by atoms with Crippen LogP contribution < -0.4 is 10.5 Å². The number of primary amides is 1. The Morgan fingerprint density at radius 3 is 2.48 bits per heavy atom. The Labute approximate surface area is 187 Å². The molecule has 0 bridgehead atoms. The lowest BCUT2D eigenvalue weighted by Crippen LogP contribution is -2.65. The lowest BCUT2D eigenvalue weighted by atomic mass is 9.57. The van der Waals surface area contributed by atoms with E-state index in [-0.39, 0.29) is 36.2 Å². The Bertz CT molecular complexity index is 1180. The van der Waals surface area contributed by atoms with Crippen LogP contribution in [0.25, 0.3) is 5.76 Å². The summed E-state index contributed by atoms with van der Waals surface area (Å²) >= 11 is 0. The number of benzene rings is 1. The van der Waals surface area contributed by atoms with E-state index in [0.29, 0.717) is 5.56 Å². The van der Waals surface area contributed by atoms with Crippen LogP contribution in [0.4, 0.5) is 0 Å². The number of aromatic hydroxyl groups is 1. The highest BCUT2D eigenvalue weighted by Gasteiger charge is 2.64. The Kier molecular flexibility index (Phi) is 5.06. The zero-order valence-corrected chi connectivity index (χ0v) is 17.7. The molecule has 1 aromatic rings. The maximum Gasteiger partial charge on any atom is 0.298 e. The summed E-state index contributed by atoms with van der Waals surface area (Å²) in [5.41, 5.74) is 1.73. The summed E-state index contributed by atoms with van der Waals surface area (Å²) in [6.07, 6.45) is 0.155. The lowest BCUT2D eigenvalue weighted by Gasteiger charge is -2.50. The van der Waals surface area contributed by atoms with Crippen LogP contribution in [-0.4, -0.2) is 75.0 Å². The van der Waals surface area contributed by atoms with E-state index in [1.807, 2.05) is 0 Å². The molecule has 0 spiro atoms. The van der Waals surface area contributed by atoms with Gasteiger partial charge in [-0.1, -0.05) is 6.07 Å². The molecule has 174 valence electrons. The molecule has 0 unspecified atom stereocenters. The molecule has 0 saturated heterocycles. The number of aliphatic hydroxyl groups excluding tert-OH is 2. The van der Waals surface area contributed by atoms with Gasteiger partial charge in [0.25, 0.3) is 12.4 Å². The van der Waals surface area contributed by atoms with Gasteiger partial charge >= 0.3 is 0 Å². The number of phenolic OH excluding ortho intramolecular Hbond substituents is 1. The second-order valence-corrected chi connectivity index (χ2v) is 8.62. The Morgan fingerprint density at radius 2 is 1.91 bits per heavy atom. The number of phenols is 1. The van der Waals surface area contributed by atoms with Crippen LogP contribution in [0.1, 0.15) is 17.5 Å². The molecule has 1 fully saturated rings. The highest BCUT2D eigenvalue weighted by Crippen LogP contribution is 2.53.